The Morgan fingerprint density at radius 3 is 2.31 bits per heavy atom. The molecule has 1 aliphatic rings. The molecule has 2 N–H and O–H groups in total. The second-order valence-corrected chi connectivity index (χ2v) is 7.85. The van der Waals surface area contributed by atoms with Crippen LogP contribution in [-0.2, 0) is 16.0 Å². The monoisotopic (exact) mass is 425 g/mol. The summed E-state index contributed by atoms with van der Waals surface area (Å²) in [6.45, 7) is 0.107. The van der Waals surface area contributed by atoms with E-state index in [-0.39, 0.29) is 18.9 Å². The molecule has 0 saturated heterocycles. The number of carboxylic acid groups (broad SMARTS) is 1. The summed E-state index contributed by atoms with van der Waals surface area (Å²) in [4.78, 5) is 18.7. The van der Waals surface area contributed by atoms with Crippen LogP contribution in [0.5, 0.6) is 0 Å². The summed E-state index contributed by atoms with van der Waals surface area (Å²) in [7, 11) is 0. The predicted molar refractivity (Wildman–Crippen MR) is 121 cm³/mol. The number of aromatic amines is 1. The highest BCUT2D eigenvalue weighted by Crippen LogP contribution is 2.44. The van der Waals surface area contributed by atoms with Crippen molar-refractivity contribution in [2.24, 2.45) is 4.99 Å². The zero-order valence-electron chi connectivity index (χ0n) is 17.2. The molecule has 6 heteroatoms. The van der Waals surface area contributed by atoms with E-state index in [0.717, 1.165) is 38.7 Å². The fourth-order valence-electron chi connectivity index (χ4n) is 4.46. The van der Waals surface area contributed by atoms with Gasteiger partial charge in [-0.2, -0.15) is 0 Å². The van der Waals surface area contributed by atoms with E-state index in [2.05, 4.69) is 22.1 Å². The molecular weight excluding hydrogens is 404 g/mol. The number of nitrogens with zero attached hydrogens (tertiary/aromatic N) is 1. The minimum Gasteiger partial charge on any atom is -0.599 e. The van der Waals surface area contributed by atoms with Gasteiger partial charge >= 0.3 is 5.97 Å². The molecular formula is C26H21N2O4-. The van der Waals surface area contributed by atoms with Crippen LogP contribution in [0.3, 0.4) is 0 Å². The van der Waals surface area contributed by atoms with Crippen molar-refractivity contribution in [2.45, 2.75) is 18.4 Å². The second-order valence-electron chi connectivity index (χ2n) is 7.85. The van der Waals surface area contributed by atoms with Crippen LogP contribution in [-0.4, -0.2) is 34.8 Å². The standard InChI is InChI=1S/C26H22N2O4/c29-25(30)24(13-16-14-27-23-12-6-5-7-17(16)23)28-26(31)32-15-22-20-10-3-1-8-18(20)19-9-2-4-11-21(19)22/h1-12,14,22,24,27H,13,15H2,(H,28,31)(H,29,30)/p-1. The van der Waals surface area contributed by atoms with E-state index in [0.29, 0.717) is 0 Å². The number of para-hydroxylation sites is 1. The first-order valence-corrected chi connectivity index (χ1v) is 10.5. The quantitative estimate of drug-likeness (QED) is 0.363. The molecule has 5 rings (SSSR count). The molecule has 0 saturated carbocycles. The summed E-state index contributed by atoms with van der Waals surface area (Å²) in [5, 5.41) is 23.0. The minimum absolute atomic E-state index is 0.0987. The summed E-state index contributed by atoms with van der Waals surface area (Å²) in [6, 6.07) is 22.5. The predicted octanol–water partition coefficient (Wildman–Crippen LogP) is 3.71. The van der Waals surface area contributed by atoms with Crippen molar-refractivity contribution < 1.29 is 19.7 Å². The maximum Gasteiger partial charge on any atom is 0.328 e. The van der Waals surface area contributed by atoms with Gasteiger partial charge in [-0.15, -0.1) is 0 Å². The molecule has 6 nitrogen and oxygen atoms in total. The summed E-state index contributed by atoms with van der Waals surface area (Å²) >= 11 is 0. The van der Waals surface area contributed by atoms with Crippen molar-refractivity contribution >= 4 is 23.0 Å². The molecule has 0 radical (unpaired) electrons. The zero-order chi connectivity index (χ0) is 22.1. The number of ether oxygens (including phenoxy) is 1. The van der Waals surface area contributed by atoms with E-state index in [1.807, 2.05) is 60.7 Å². The number of rotatable bonds is 6. The SMILES string of the molecule is O=C(O)C(Cc1c[nH]c2ccccc12)N=C([O-])OCC1c2ccccc2-c2ccccc21. The number of aromatic nitrogens is 1. The highest BCUT2D eigenvalue weighted by atomic mass is 16.6. The number of aliphatic carboxylic acids is 1. The summed E-state index contributed by atoms with van der Waals surface area (Å²) in [5.74, 6) is -1.26. The molecule has 1 atom stereocenters. The Balaban J connectivity index is 1.34. The van der Waals surface area contributed by atoms with Gasteiger partial charge in [0.25, 0.3) is 0 Å². The number of nitrogens with one attached hydrogen (secondary N) is 1. The van der Waals surface area contributed by atoms with Crippen molar-refractivity contribution in [3.8, 4) is 11.1 Å². The summed E-state index contributed by atoms with van der Waals surface area (Å²) in [5.41, 5.74) is 6.15. The van der Waals surface area contributed by atoms with Gasteiger partial charge in [-0.25, -0.2) is 4.79 Å². The molecule has 32 heavy (non-hydrogen) atoms. The first-order valence-electron chi connectivity index (χ1n) is 10.5. The average molecular weight is 425 g/mol. The van der Waals surface area contributed by atoms with Crippen LogP contribution in [0.4, 0.5) is 0 Å². The van der Waals surface area contributed by atoms with Crippen LogP contribution in [0.15, 0.2) is 84.0 Å². The second kappa shape index (κ2) is 8.23. The maximum atomic E-state index is 12.5. The lowest BCUT2D eigenvalue weighted by Crippen LogP contribution is -2.30. The van der Waals surface area contributed by atoms with Crippen LogP contribution in [0.25, 0.3) is 22.0 Å². The minimum atomic E-state index is -1.22. The van der Waals surface area contributed by atoms with Gasteiger partial charge < -0.3 is 19.9 Å². The number of aliphatic imine (C=N–C) groups is 1. The number of H-pyrrole nitrogens is 1. The number of hydrogen-bond donors (Lipinski definition) is 2. The third-order valence-corrected chi connectivity index (χ3v) is 5.97. The third-order valence-electron chi connectivity index (χ3n) is 5.97. The molecule has 1 heterocycles. The Kier molecular flexibility index (Phi) is 5.11. The van der Waals surface area contributed by atoms with Gasteiger partial charge in [-0.1, -0.05) is 66.7 Å². The van der Waals surface area contributed by atoms with E-state index >= 15 is 0 Å². The first-order chi connectivity index (χ1) is 15.6. The van der Waals surface area contributed by atoms with Crippen molar-refractivity contribution in [2.75, 3.05) is 6.61 Å². The van der Waals surface area contributed by atoms with Crippen LogP contribution in [0.1, 0.15) is 22.6 Å². The third kappa shape index (κ3) is 3.60. The number of carbonyl (C=O) groups is 1. The van der Waals surface area contributed by atoms with Crippen molar-refractivity contribution in [3.63, 3.8) is 0 Å². The van der Waals surface area contributed by atoms with E-state index < -0.39 is 18.1 Å². The molecule has 0 amide bonds. The van der Waals surface area contributed by atoms with Gasteiger partial charge in [-0.05, 0) is 33.9 Å². The summed E-state index contributed by atoms with van der Waals surface area (Å²) < 4.78 is 5.45. The molecule has 0 fully saturated rings. The smallest absolute Gasteiger partial charge is 0.328 e. The molecule has 1 unspecified atom stereocenters. The van der Waals surface area contributed by atoms with Gasteiger partial charge in [0, 0.05) is 36.0 Å². The van der Waals surface area contributed by atoms with Gasteiger partial charge in [0.15, 0.2) is 6.04 Å². The lowest BCUT2D eigenvalue weighted by molar-refractivity contribution is -0.251. The van der Waals surface area contributed by atoms with Crippen LogP contribution in [0.2, 0.25) is 0 Å². The molecule has 3 aromatic carbocycles. The molecule has 4 aromatic rings. The molecule has 0 aliphatic heterocycles. The van der Waals surface area contributed by atoms with Gasteiger partial charge in [0.2, 0.25) is 0 Å². The van der Waals surface area contributed by atoms with Gasteiger partial charge in [0.05, 0.1) is 0 Å². The lowest BCUT2D eigenvalue weighted by atomic mass is 9.98. The van der Waals surface area contributed by atoms with Crippen molar-refractivity contribution in [1.29, 1.82) is 0 Å². The Morgan fingerprint density at radius 1 is 1.00 bits per heavy atom. The van der Waals surface area contributed by atoms with Crippen LogP contribution < -0.4 is 5.11 Å². The summed E-state index contributed by atoms with van der Waals surface area (Å²) in [6.07, 6.45) is 0.997. The average Bonchev–Trinajstić information content (AvgIpc) is 3.36. The molecule has 0 spiro atoms. The maximum absolute atomic E-state index is 12.5. The highest BCUT2D eigenvalue weighted by molar-refractivity contribution is 5.85. The van der Waals surface area contributed by atoms with Crippen molar-refractivity contribution in [3.05, 3.63) is 95.7 Å². The first kappa shape index (κ1) is 19.9. The molecule has 1 aromatic heterocycles. The van der Waals surface area contributed by atoms with E-state index in [9.17, 15) is 15.0 Å². The van der Waals surface area contributed by atoms with E-state index in [1.165, 1.54) is 0 Å². The van der Waals surface area contributed by atoms with Crippen LogP contribution in [0, 0.1) is 0 Å². The highest BCUT2D eigenvalue weighted by Gasteiger charge is 2.27. The fourth-order valence-corrected chi connectivity index (χ4v) is 4.46. The van der Waals surface area contributed by atoms with E-state index in [1.54, 1.807) is 6.20 Å². The Bertz CT molecular complexity index is 1280. The van der Waals surface area contributed by atoms with Crippen LogP contribution >= 0.6 is 0 Å². The van der Waals surface area contributed by atoms with E-state index in [4.69, 9.17) is 4.74 Å². The lowest BCUT2D eigenvalue weighted by Gasteiger charge is -2.22. The van der Waals surface area contributed by atoms with Crippen molar-refractivity contribution in [1.82, 2.24) is 4.98 Å². The normalized spacial score (nSPS) is 14.2. The Labute approximate surface area is 184 Å². The number of fused-ring (bicyclic) bond motifs is 4. The number of hydrogen-bond acceptors (Lipinski definition) is 4. The number of benzene rings is 3. The van der Waals surface area contributed by atoms with Gasteiger partial charge in [0.1, 0.15) is 6.08 Å². The fraction of sp³-hybridized carbons (Fsp3) is 0.154. The zero-order valence-corrected chi connectivity index (χ0v) is 17.2. The Morgan fingerprint density at radius 2 is 1.62 bits per heavy atom. The van der Waals surface area contributed by atoms with Gasteiger partial charge in [-0.3, -0.25) is 4.99 Å². The molecule has 1 aliphatic carbocycles. The number of carboxylic acids is 1. The topological polar surface area (TPSA) is 97.7 Å². The molecule has 160 valence electrons. The Hall–Kier alpha value is -4.06. The molecule has 0 bridgehead atoms. The largest absolute Gasteiger partial charge is 0.599 e.